The van der Waals surface area contributed by atoms with Gasteiger partial charge in [-0.15, -0.1) is 0 Å². The van der Waals surface area contributed by atoms with Crippen molar-refractivity contribution in [3.8, 4) is 5.75 Å². The van der Waals surface area contributed by atoms with Crippen molar-refractivity contribution >= 4 is 15.9 Å². The van der Waals surface area contributed by atoms with Crippen molar-refractivity contribution in [3.63, 3.8) is 0 Å². The van der Waals surface area contributed by atoms with E-state index in [0.29, 0.717) is 5.75 Å². The summed E-state index contributed by atoms with van der Waals surface area (Å²) in [5.74, 6) is -0.464. The molecule has 0 saturated carbocycles. The summed E-state index contributed by atoms with van der Waals surface area (Å²) in [5, 5.41) is 8.88. The van der Waals surface area contributed by atoms with E-state index in [0.717, 1.165) is 5.56 Å². The van der Waals surface area contributed by atoms with Crippen LogP contribution in [0.4, 0.5) is 0 Å². The van der Waals surface area contributed by atoms with Crippen molar-refractivity contribution < 1.29 is 23.2 Å². The van der Waals surface area contributed by atoms with Crippen LogP contribution in [-0.2, 0) is 21.2 Å². The highest BCUT2D eigenvalue weighted by atomic mass is 32.2. The van der Waals surface area contributed by atoms with E-state index in [1.165, 1.54) is 30.8 Å². The quantitative estimate of drug-likeness (QED) is 0.512. The molecule has 2 aromatic rings. The van der Waals surface area contributed by atoms with Crippen LogP contribution in [-0.4, -0.2) is 32.7 Å². The lowest BCUT2D eigenvalue weighted by atomic mass is 10.1. The number of carbonyl (C=O) groups is 1. The van der Waals surface area contributed by atoms with Gasteiger partial charge in [-0.2, -0.15) is 4.72 Å². The summed E-state index contributed by atoms with van der Waals surface area (Å²) >= 11 is 0. The van der Waals surface area contributed by atoms with Crippen LogP contribution in [0.5, 0.6) is 5.75 Å². The lowest BCUT2D eigenvalue weighted by Crippen LogP contribution is -2.47. The summed E-state index contributed by atoms with van der Waals surface area (Å²) in [6.45, 7) is 0. The number of hydroxylamine groups is 1. The van der Waals surface area contributed by atoms with Crippen LogP contribution in [0.15, 0.2) is 59.5 Å². The first-order valence-electron chi connectivity index (χ1n) is 7.10. The van der Waals surface area contributed by atoms with Gasteiger partial charge in [0.15, 0.2) is 0 Å². The monoisotopic (exact) mass is 350 g/mol. The van der Waals surface area contributed by atoms with Gasteiger partial charge >= 0.3 is 0 Å². The van der Waals surface area contributed by atoms with E-state index in [-0.39, 0.29) is 11.3 Å². The number of nitrogens with one attached hydrogen (secondary N) is 2. The Morgan fingerprint density at radius 1 is 1.17 bits per heavy atom. The number of carbonyl (C=O) groups excluding carboxylic acids is 1. The second kappa shape index (κ2) is 7.91. The molecule has 0 aromatic heterocycles. The predicted octanol–water partition coefficient (Wildman–Crippen LogP) is 1.09. The van der Waals surface area contributed by atoms with Gasteiger partial charge in [0.2, 0.25) is 10.0 Å². The molecule has 0 heterocycles. The first kappa shape index (κ1) is 17.9. The third-order valence-corrected chi connectivity index (χ3v) is 4.83. The number of sulfonamides is 1. The van der Waals surface area contributed by atoms with Crippen molar-refractivity contribution in [2.75, 3.05) is 7.11 Å². The molecule has 0 aliphatic heterocycles. The van der Waals surface area contributed by atoms with Crippen LogP contribution in [0.1, 0.15) is 5.56 Å². The first-order valence-corrected chi connectivity index (χ1v) is 8.59. The average Bonchev–Trinajstić information content (AvgIpc) is 2.61. The highest BCUT2D eigenvalue weighted by Crippen LogP contribution is 2.17. The maximum Gasteiger partial charge on any atom is 0.261 e. The SMILES string of the molecule is COc1cccc(S(=O)(=O)NC(Cc2ccccc2)C(=O)NO)c1. The van der Waals surface area contributed by atoms with Crippen LogP contribution in [0.3, 0.4) is 0 Å². The summed E-state index contributed by atoms with van der Waals surface area (Å²) < 4.78 is 32.3. The normalized spacial score (nSPS) is 12.4. The van der Waals surface area contributed by atoms with E-state index >= 15 is 0 Å². The molecule has 0 saturated heterocycles. The van der Waals surface area contributed by atoms with Gasteiger partial charge in [0.05, 0.1) is 12.0 Å². The Kier molecular flexibility index (Phi) is 5.91. The number of rotatable bonds is 7. The minimum absolute atomic E-state index is 0.0364. The summed E-state index contributed by atoms with van der Waals surface area (Å²) in [5.41, 5.74) is 2.24. The second-order valence-electron chi connectivity index (χ2n) is 5.02. The molecule has 8 heteroatoms. The van der Waals surface area contributed by atoms with E-state index < -0.39 is 22.0 Å². The Hall–Kier alpha value is -2.42. The van der Waals surface area contributed by atoms with Crippen molar-refractivity contribution in [3.05, 3.63) is 60.2 Å². The van der Waals surface area contributed by atoms with Crippen LogP contribution in [0, 0.1) is 0 Å². The van der Waals surface area contributed by atoms with Crippen molar-refractivity contribution in [2.45, 2.75) is 17.4 Å². The van der Waals surface area contributed by atoms with Gasteiger partial charge in [-0.1, -0.05) is 36.4 Å². The van der Waals surface area contributed by atoms with Crippen LogP contribution >= 0.6 is 0 Å². The molecule has 0 aliphatic rings. The Morgan fingerprint density at radius 2 is 1.88 bits per heavy atom. The Labute approximate surface area is 140 Å². The number of hydrogen-bond donors (Lipinski definition) is 3. The van der Waals surface area contributed by atoms with E-state index in [2.05, 4.69) is 4.72 Å². The van der Waals surface area contributed by atoms with Gasteiger partial charge in [-0.25, -0.2) is 13.9 Å². The Balaban J connectivity index is 2.25. The molecule has 3 N–H and O–H groups in total. The topological polar surface area (TPSA) is 105 Å². The Morgan fingerprint density at radius 3 is 2.50 bits per heavy atom. The van der Waals surface area contributed by atoms with Gasteiger partial charge in [0.25, 0.3) is 5.91 Å². The predicted molar refractivity (Wildman–Crippen MR) is 87.2 cm³/mol. The number of ether oxygens (including phenoxy) is 1. The maximum atomic E-state index is 12.5. The third kappa shape index (κ3) is 4.54. The van der Waals surface area contributed by atoms with Gasteiger partial charge < -0.3 is 4.74 Å². The molecule has 7 nitrogen and oxygen atoms in total. The molecule has 128 valence electrons. The summed E-state index contributed by atoms with van der Waals surface area (Å²) in [7, 11) is -2.54. The lowest BCUT2D eigenvalue weighted by molar-refractivity contribution is -0.130. The highest BCUT2D eigenvalue weighted by Gasteiger charge is 2.26. The number of methoxy groups -OCH3 is 1. The Bertz CT molecular complexity index is 793. The van der Waals surface area contributed by atoms with Gasteiger partial charge in [-0.05, 0) is 24.1 Å². The van der Waals surface area contributed by atoms with Crippen molar-refractivity contribution in [1.29, 1.82) is 0 Å². The van der Waals surface area contributed by atoms with E-state index in [9.17, 15) is 13.2 Å². The highest BCUT2D eigenvalue weighted by molar-refractivity contribution is 7.89. The largest absolute Gasteiger partial charge is 0.497 e. The molecule has 1 atom stereocenters. The van der Waals surface area contributed by atoms with Gasteiger partial charge in [-0.3, -0.25) is 10.0 Å². The molecular weight excluding hydrogens is 332 g/mol. The summed E-state index contributed by atoms with van der Waals surface area (Å²) in [6.07, 6.45) is 0.0937. The standard InChI is InChI=1S/C16H18N2O5S/c1-23-13-8-5-9-14(11-13)24(21,22)18-15(16(19)17-20)10-12-6-3-2-4-7-12/h2-9,11,15,18,20H,10H2,1H3,(H,17,19). The van der Waals surface area contributed by atoms with Crippen LogP contribution in [0.2, 0.25) is 0 Å². The number of amides is 1. The molecule has 1 amide bonds. The molecular formula is C16H18N2O5S. The van der Waals surface area contributed by atoms with Crippen molar-refractivity contribution in [1.82, 2.24) is 10.2 Å². The summed E-state index contributed by atoms with van der Waals surface area (Å²) in [6, 6.07) is 13.6. The van der Waals surface area contributed by atoms with Crippen LogP contribution < -0.4 is 14.9 Å². The van der Waals surface area contributed by atoms with Gasteiger partial charge in [0, 0.05) is 6.07 Å². The van der Waals surface area contributed by atoms with Gasteiger partial charge in [0.1, 0.15) is 11.8 Å². The third-order valence-electron chi connectivity index (χ3n) is 3.36. The van der Waals surface area contributed by atoms with E-state index in [4.69, 9.17) is 9.94 Å². The lowest BCUT2D eigenvalue weighted by Gasteiger charge is -2.17. The summed E-state index contributed by atoms with van der Waals surface area (Å²) in [4.78, 5) is 11.8. The smallest absolute Gasteiger partial charge is 0.261 e. The fourth-order valence-electron chi connectivity index (χ4n) is 2.14. The molecule has 24 heavy (non-hydrogen) atoms. The molecule has 0 bridgehead atoms. The molecule has 0 spiro atoms. The molecule has 2 rings (SSSR count). The average molecular weight is 350 g/mol. The maximum absolute atomic E-state index is 12.5. The number of benzene rings is 2. The first-order chi connectivity index (χ1) is 11.5. The zero-order valence-electron chi connectivity index (χ0n) is 13.0. The number of hydrogen-bond acceptors (Lipinski definition) is 5. The minimum atomic E-state index is -3.97. The fourth-order valence-corrected chi connectivity index (χ4v) is 3.37. The van der Waals surface area contributed by atoms with Crippen LogP contribution in [0.25, 0.3) is 0 Å². The van der Waals surface area contributed by atoms with E-state index in [1.54, 1.807) is 30.3 Å². The molecule has 2 aromatic carbocycles. The fraction of sp³-hybridized carbons (Fsp3) is 0.188. The molecule has 0 fully saturated rings. The minimum Gasteiger partial charge on any atom is -0.497 e. The van der Waals surface area contributed by atoms with Crippen molar-refractivity contribution in [2.24, 2.45) is 0 Å². The van der Waals surface area contributed by atoms with E-state index in [1.807, 2.05) is 6.07 Å². The second-order valence-corrected chi connectivity index (χ2v) is 6.73. The zero-order chi connectivity index (χ0) is 17.6. The molecule has 1 unspecified atom stereocenters. The molecule has 0 aliphatic carbocycles. The molecule has 0 radical (unpaired) electrons. The zero-order valence-corrected chi connectivity index (χ0v) is 13.8.